The van der Waals surface area contributed by atoms with Gasteiger partial charge in [-0.3, -0.25) is 0 Å². The number of rotatable bonds is 4. The van der Waals surface area contributed by atoms with Gasteiger partial charge in [-0.2, -0.15) is 0 Å². The first-order valence-corrected chi connectivity index (χ1v) is 6.35. The van der Waals surface area contributed by atoms with Crippen LogP contribution in [0, 0.1) is 6.92 Å². The molecule has 0 aromatic heterocycles. The van der Waals surface area contributed by atoms with E-state index in [1.807, 2.05) is 30.4 Å². The van der Waals surface area contributed by atoms with E-state index in [9.17, 15) is 0 Å². The van der Waals surface area contributed by atoms with Crippen LogP contribution in [-0.4, -0.2) is 0 Å². The second-order valence-corrected chi connectivity index (χ2v) is 4.62. The first-order chi connectivity index (χ1) is 9.16. The summed E-state index contributed by atoms with van der Waals surface area (Å²) in [7, 11) is 0. The fraction of sp³-hybridized carbons (Fsp3) is 0.0526. The van der Waals surface area contributed by atoms with E-state index in [2.05, 4.69) is 56.5 Å². The maximum absolute atomic E-state index is 4.09. The molecule has 0 aliphatic carbocycles. The second-order valence-electron chi connectivity index (χ2n) is 4.62. The Morgan fingerprint density at radius 3 is 1.74 bits per heavy atom. The van der Waals surface area contributed by atoms with Gasteiger partial charge in [0.15, 0.2) is 0 Å². The highest BCUT2D eigenvalue weighted by molar-refractivity contribution is 5.79. The Morgan fingerprint density at radius 2 is 1.21 bits per heavy atom. The minimum atomic E-state index is 0.994. The Labute approximate surface area is 115 Å². The Balaban J connectivity index is 2.09. The fourth-order valence-corrected chi connectivity index (χ4v) is 1.81. The van der Waals surface area contributed by atoms with Gasteiger partial charge in [0, 0.05) is 0 Å². The van der Waals surface area contributed by atoms with Crippen LogP contribution < -0.4 is 0 Å². The zero-order valence-electron chi connectivity index (χ0n) is 11.3. The minimum Gasteiger partial charge on any atom is -0.0912 e. The number of hydrogen-bond acceptors (Lipinski definition) is 0. The van der Waals surface area contributed by atoms with Crippen molar-refractivity contribution in [1.82, 2.24) is 0 Å². The average Bonchev–Trinajstić information content (AvgIpc) is 2.46. The van der Waals surface area contributed by atoms with Crippen LogP contribution in [0.4, 0.5) is 0 Å². The molecule has 19 heavy (non-hydrogen) atoms. The van der Waals surface area contributed by atoms with Crippen LogP contribution in [0.2, 0.25) is 0 Å². The number of allylic oxidation sites excluding steroid dienone is 4. The molecule has 0 atom stereocenters. The quantitative estimate of drug-likeness (QED) is 0.644. The second kappa shape index (κ2) is 6.01. The van der Waals surface area contributed by atoms with Crippen molar-refractivity contribution < 1.29 is 0 Å². The summed E-state index contributed by atoms with van der Waals surface area (Å²) in [5.74, 6) is 0. The molecule has 0 unspecified atom stereocenters. The molecule has 0 saturated heterocycles. The van der Waals surface area contributed by atoms with Crippen molar-refractivity contribution in [3.63, 3.8) is 0 Å². The summed E-state index contributed by atoms with van der Waals surface area (Å²) >= 11 is 0. The number of hydrogen-bond donors (Lipinski definition) is 0. The normalized spacial score (nSPS) is 10.6. The highest BCUT2D eigenvalue weighted by Gasteiger charge is 1.96. The van der Waals surface area contributed by atoms with E-state index in [0.29, 0.717) is 0 Å². The van der Waals surface area contributed by atoms with Gasteiger partial charge >= 0.3 is 0 Å². The number of benzene rings is 2. The summed E-state index contributed by atoms with van der Waals surface area (Å²) in [6.45, 7) is 10.3. The molecule has 0 heterocycles. The predicted octanol–water partition coefficient (Wildman–Crippen LogP) is 5.28. The minimum absolute atomic E-state index is 0.994. The van der Waals surface area contributed by atoms with E-state index >= 15 is 0 Å². The van der Waals surface area contributed by atoms with Crippen LogP contribution in [0.25, 0.3) is 11.1 Å². The molecule has 0 radical (unpaired) electrons. The molecule has 0 heteroatoms. The maximum Gasteiger partial charge on any atom is -0.0190 e. The van der Waals surface area contributed by atoms with E-state index in [0.717, 1.165) is 22.3 Å². The molecule has 0 N–H and O–H groups in total. The lowest BCUT2D eigenvalue weighted by Crippen LogP contribution is -1.81. The molecule has 0 spiro atoms. The Kier molecular flexibility index (Phi) is 4.15. The summed E-state index contributed by atoms with van der Waals surface area (Å²) in [5.41, 5.74) is 5.53. The molecular formula is C19H18. The van der Waals surface area contributed by atoms with Crippen LogP contribution in [0.1, 0.15) is 16.7 Å². The summed E-state index contributed by atoms with van der Waals surface area (Å²) in [4.78, 5) is 0. The molecule has 0 nitrogen and oxygen atoms in total. The van der Waals surface area contributed by atoms with Crippen molar-refractivity contribution >= 4 is 11.1 Å². The van der Waals surface area contributed by atoms with Gasteiger partial charge in [-0.25, -0.2) is 0 Å². The topological polar surface area (TPSA) is 0 Å². The number of aryl methyl sites for hydroxylation is 1. The first-order valence-electron chi connectivity index (χ1n) is 6.35. The van der Waals surface area contributed by atoms with E-state index in [4.69, 9.17) is 0 Å². The maximum atomic E-state index is 4.09. The van der Waals surface area contributed by atoms with Crippen molar-refractivity contribution in [1.29, 1.82) is 0 Å². The Morgan fingerprint density at radius 1 is 0.737 bits per heavy atom. The third-order valence-electron chi connectivity index (χ3n) is 3.05. The van der Waals surface area contributed by atoms with Gasteiger partial charge in [0.25, 0.3) is 0 Å². The lowest BCUT2D eigenvalue weighted by atomic mass is 10.0. The van der Waals surface area contributed by atoms with Gasteiger partial charge in [-0.1, -0.05) is 85.5 Å². The Bertz CT molecular complexity index is 598. The van der Waals surface area contributed by atoms with Gasteiger partial charge in [-0.15, -0.1) is 0 Å². The lowest BCUT2D eigenvalue weighted by Gasteiger charge is -2.03. The smallest absolute Gasteiger partial charge is 0.0190 e. The largest absolute Gasteiger partial charge is 0.0912 e. The van der Waals surface area contributed by atoms with E-state index in [1.165, 1.54) is 5.56 Å². The molecule has 2 aromatic rings. The third-order valence-corrected chi connectivity index (χ3v) is 3.05. The van der Waals surface area contributed by atoms with Gasteiger partial charge < -0.3 is 0 Å². The molecular weight excluding hydrogens is 228 g/mol. The van der Waals surface area contributed by atoms with E-state index < -0.39 is 0 Å². The highest BCUT2D eigenvalue weighted by atomic mass is 14.0. The Hall–Kier alpha value is -2.34. The fourth-order valence-electron chi connectivity index (χ4n) is 1.81. The monoisotopic (exact) mass is 246 g/mol. The lowest BCUT2D eigenvalue weighted by molar-refractivity contribution is 1.46. The van der Waals surface area contributed by atoms with Crippen molar-refractivity contribution in [3.05, 3.63) is 96.6 Å². The molecule has 0 aliphatic rings. The first kappa shape index (κ1) is 13.1. The molecule has 94 valence electrons. The summed E-state index contributed by atoms with van der Waals surface area (Å²) < 4.78 is 0. The van der Waals surface area contributed by atoms with Crippen molar-refractivity contribution in [2.75, 3.05) is 0 Å². The van der Waals surface area contributed by atoms with Crippen LogP contribution in [0.3, 0.4) is 0 Å². The predicted molar refractivity (Wildman–Crippen MR) is 84.8 cm³/mol. The molecule has 0 aliphatic heterocycles. The van der Waals surface area contributed by atoms with Gasteiger partial charge in [-0.05, 0) is 29.2 Å². The van der Waals surface area contributed by atoms with Crippen molar-refractivity contribution in [2.45, 2.75) is 6.92 Å². The average molecular weight is 246 g/mol. The SMILES string of the molecule is C=C(/C=C\C(=C)c1ccc(C)cc1)c1ccccc1. The zero-order chi connectivity index (χ0) is 13.7. The van der Waals surface area contributed by atoms with Crippen LogP contribution in [0.5, 0.6) is 0 Å². The van der Waals surface area contributed by atoms with Gasteiger partial charge in [0.05, 0.1) is 0 Å². The summed E-state index contributed by atoms with van der Waals surface area (Å²) in [6, 6.07) is 18.5. The van der Waals surface area contributed by atoms with Crippen molar-refractivity contribution in [3.8, 4) is 0 Å². The third kappa shape index (κ3) is 3.56. The molecule has 2 aromatic carbocycles. The van der Waals surface area contributed by atoms with Gasteiger partial charge in [0.1, 0.15) is 0 Å². The van der Waals surface area contributed by atoms with Crippen molar-refractivity contribution in [2.24, 2.45) is 0 Å². The van der Waals surface area contributed by atoms with Crippen LogP contribution >= 0.6 is 0 Å². The summed E-state index contributed by atoms with van der Waals surface area (Å²) in [5, 5.41) is 0. The van der Waals surface area contributed by atoms with E-state index in [-0.39, 0.29) is 0 Å². The van der Waals surface area contributed by atoms with Gasteiger partial charge in [0.2, 0.25) is 0 Å². The molecule has 0 bridgehead atoms. The summed E-state index contributed by atoms with van der Waals surface area (Å²) in [6.07, 6.45) is 4.03. The molecule has 0 saturated carbocycles. The van der Waals surface area contributed by atoms with Crippen LogP contribution in [-0.2, 0) is 0 Å². The molecule has 0 fully saturated rings. The molecule has 0 amide bonds. The zero-order valence-corrected chi connectivity index (χ0v) is 11.3. The highest BCUT2D eigenvalue weighted by Crippen LogP contribution is 2.18. The van der Waals surface area contributed by atoms with Crippen LogP contribution in [0.15, 0.2) is 79.9 Å². The molecule has 2 rings (SSSR count). The standard InChI is InChI=1S/C19H18/c1-15-9-13-19(14-10-15)17(3)12-11-16(2)18-7-5-4-6-8-18/h4-14H,2-3H2,1H3/b12-11-. The van der Waals surface area contributed by atoms with E-state index in [1.54, 1.807) is 0 Å².